The fourth-order valence-corrected chi connectivity index (χ4v) is 3.57. The van der Waals surface area contributed by atoms with Gasteiger partial charge in [0.05, 0.1) is 6.54 Å². The van der Waals surface area contributed by atoms with Gasteiger partial charge in [0.15, 0.2) is 0 Å². The topological polar surface area (TPSA) is 104 Å². The molecule has 1 aromatic carbocycles. The van der Waals surface area contributed by atoms with Crippen molar-refractivity contribution in [1.82, 2.24) is 15.8 Å². The van der Waals surface area contributed by atoms with Crippen molar-refractivity contribution in [3.8, 4) is 5.75 Å². The minimum atomic E-state index is -0.905. The summed E-state index contributed by atoms with van der Waals surface area (Å²) in [6.07, 6.45) is 1.16. The number of aromatic nitrogens is 1. The van der Waals surface area contributed by atoms with Crippen molar-refractivity contribution in [2.45, 2.75) is 84.2 Å². The van der Waals surface area contributed by atoms with E-state index in [1.807, 2.05) is 41.5 Å². The van der Waals surface area contributed by atoms with Gasteiger partial charge in [-0.2, -0.15) is 0 Å². The van der Waals surface area contributed by atoms with Crippen LogP contribution in [-0.4, -0.2) is 27.6 Å². The maximum absolute atomic E-state index is 13.2. The zero-order chi connectivity index (χ0) is 23.2. The number of aryl methyl sites for hydroxylation is 1. The van der Waals surface area contributed by atoms with Crippen molar-refractivity contribution in [3.05, 3.63) is 46.3 Å². The third-order valence-corrected chi connectivity index (χ3v) is 5.63. The first-order valence-electron chi connectivity index (χ1n) is 10.6. The highest BCUT2D eigenvalue weighted by molar-refractivity contribution is 6.01. The smallest absolute Gasteiger partial charge is 0.252 e. The van der Waals surface area contributed by atoms with E-state index >= 15 is 0 Å². The minimum absolute atomic E-state index is 0.221. The summed E-state index contributed by atoms with van der Waals surface area (Å²) in [5, 5.41) is 20.5. The lowest BCUT2D eigenvalue weighted by atomic mass is 9.78. The minimum Gasteiger partial charge on any atom is -0.507 e. The number of hydrogen-bond donors (Lipinski definition) is 3. The van der Waals surface area contributed by atoms with E-state index < -0.39 is 5.54 Å². The summed E-state index contributed by atoms with van der Waals surface area (Å²) in [4.78, 5) is 25.9. The predicted molar refractivity (Wildman–Crippen MR) is 118 cm³/mol. The molecule has 1 heterocycles. The van der Waals surface area contributed by atoms with Crippen molar-refractivity contribution in [3.63, 3.8) is 0 Å². The van der Waals surface area contributed by atoms with Crippen LogP contribution in [0.2, 0.25) is 0 Å². The van der Waals surface area contributed by atoms with Crippen molar-refractivity contribution in [2.75, 3.05) is 0 Å². The number of nitrogens with one attached hydrogen (secondary N) is 2. The number of phenolic OH excluding ortho intramolecular Hbond substituents is 1. The SMILES string of the molecule is Cc1cc(CNC(=O)C2(NC(=O)c3cc(C(C)(C)C)c(O)c(C(C)(C)C)c3)CC2)no1. The summed E-state index contributed by atoms with van der Waals surface area (Å²) in [6, 6.07) is 5.22. The van der Waals surface area contributed by atoms with Crippen LogP contribution < -0.4 is 10.6 Å². The second-order valence-electron chi connectivity index (χ2n) is 10.6. The normalized spacial score (nSPS) is 15.5. The van der Waals surface area contributed by atoms with Crippen LogP contribution in [0.15, 0.2) is 22.7 Å². The Bertz CT molecular complexity index is 970. The summed E-state index contributed by atoms with van der Waals surface area (Å²) in [5.41, 5.74) is 0.907. The quantitative estimate of drug-likeness (QED) is 0.672. The highest BCUT2D eigenvalue weighted by Gasteiger charge is 2.51. The van der Waals surface area contributed by atoms with Crippen LogP contribution in [0.5, 0.6) is 5.75 Å². The molecule has 3 N–H and O–H groups in total. The van der Waals surface area contributed by atoms with Crippen LogP contribution in [0.3, 0.4) is 0 Å². The van der Waals surface area contributed by atoms with Crippen molar-refractivity contribution < 1.29 is 19.2 Å². The van der Waals surface area contributed by atoms with Gasteiger partial charge in [0.25, 0.3) is 5.91 Å². The number of hydrogen-bond acceptors (Lipinski definition) is 5. The Morgan fingerprint density at radius 3 is 2.03 bits per heavy atom. The predicted octanol–water partition coefficient (Wildman–Crippen LogP) is 3.86. The number of amides is 2. The van der Waals surface area contributed by atoms with E-state index in [1.54, 1.807) is 25.1 Å². The molecule has 2 aromatic rings. The van der Waals surface area contributed by atoms with E-state index in [9.17, 15) is 14.7 Å². The lowest BCUT2D eigenvalue weighted by Crippen LogP contribution is -2.48. The molecule has 168 valence electrons. The van der Waals surface area contributed by atoms with Crippen LogP contribution in [0, 0.1) is 6.92 Å². The second-order valence-corrected chi connectivity index (χ2v) is 10.6. The molecule has 7 nitrogen and oxygen atoms in total. The Morgan fingerprint density at radius 2 is 1.61 bits per heavy atom. The Hall–Kier alpha value is -2.83. The maximum atomic E-state index is 13.2. The van der Waals surface area contributed by atoms with Crippen LogP contribution in [0.4, 0.5) is 0 Å². The first-order chi connectivity index (χ1) is 14.2. The van der Waals surface area contributed by atoms with Gasteiger partial charge in [0.1, 0.15) is 22.7 Å². The van der Waals surface area contributed by atoms with Gasteiger partial charge < -0.3 is 20.3 Å². The number of benzene rings is 1. The Balaban J connectivity index is 1.81. The van der Waals surface area contributed by atoms with Crippen molar-refractivity contribution >= 4 is 11.8 Å². The van der Waals surface area contributed by atoms with Gasteiger partial charge in [0.2, 0.25) is 5.91 Å². The molecule has 7 heteroatoms. The number of carbonyl (C=O) groups is 2. The molecule has 1 fully saturated rings. The molecule has 31 heavy (non-hydrogen) atoms. The summed E-state index contributed by atoms with van der Waals surface area (Å²) in [6.45, 7) is 14.0. The largest absolute Gasteiger partial charge is 0.507 e. The monoisotopic (exact) mass is 427 g/mol. The van der Waals surface area contributed by atoms with Crippen LogP contribution in [0.1, 0.15) is 87.3 Å². The Labute approximate surface area is 183 Å². The molecular formula is C24H33N3O4. The third kappa shape index (κ3) is 4.92. The van der Waals surface area contributed by atoms with E-state index in [0.29, 0.717) is 41.0 Å². The number of rotatable bonds is 5. The third-order valence-electron chi connectivity index (χ3n) is 5.63. The lowest BCUT2D eigenvalue weighted by molar-refractivity contribution is -0.124. The standard InChI is InChI=1S/C24H33N3O4/c1-14-10-16(27-31-14)13-25-21(30)24(8-9-24)26-20(29)15-11-17(22(2,3)4)19(28)18(12-15)23(5,6)7/h10-12,28H,8-9,13H2,1-7H3,(H,25,30)(H,26,29). The molecular weight excluding hydrogens is 394 g/mol. The molecule has 0 bridgehead atoms. The van der Waals surface area contributed by atoms with Gasteiger partial charge in [-0.05, 0) is 42.7 Å². The number of aromatic hydroxyl groups is 1. The summed E-state index contributed by atoms with van der Waals surface area (Å²) in [7, 11) is 0. The highest BCUT2D eigenvalue weighted by Crippen LogP contribution is 2.41. The molecule has 2 amide bonds. The van der Waals surface area contributed by atoms with Gasteiger partial charge in [-0.15, -0.1) is 0 Å². The summed E-state index contributed by atoms with van der Waals surface area (Å²) >= 11 is 0. The summed E-state index contributed by atoms with van der Waals surface area (Å²) < 4.78 is 5.02. The van der Waals surface area contributed by atoms with Gasteiger partial charge >= 0.3 is 0 Å². The molecule has 3 rings (SSSR count). The van der Waals surface area contributed by atoms with Crippen LogP contribution in [-0.2, 0) is 22.2 Å². The van der Waals surface area contributed by atoms with Crippen molar-refractivity contribution in [1.29, 1.82) is 0 Å². The average molecular weight is 428 g/mol. The van der Waals surface area contributed by atoms with Crippen molar-refractivity contribution in [2.24, 2.45) is 0 Å². The molecule has 1 saturated carbocycles. The first kappa shape index (κ1) is 22.8. The van der Waals surface area contributed by atoms with E-state index in [1.165, 1.54) is 0 Å². The number of nitrogens with zero attached hydrogens (tertiary/aromatic N) is 1. The molecule has 1 aliphatic rings. The molecule has 0 unspecified atom stereocenters. The first-order valence-corrected chi connectivity index (χ1v) is 10.6. The van der Waals surface area contributed by atoms with Crippen LogP contribution >= 0.6 is 0 Å². The molecule has 1 aliphatic carbocycles. The van der Waals surface area contributed by atoms with Crippen LogP contribution in [0.25, 0.3) is 0 Å². The summed E-state index contributed by atoms with van der Waals surface area (Å²) in [5.74, 6) is 0.349. The molecule has 0 atom stereocenters. The maximum Gasteiger partial charge on any atom is 0.252 e. The molecule has 1 aromatic heterocycles. The van der Waals surface area contributed by atoms with E-state index in [0.717, 1.165) is 0 Å². The Kier molecular flexibility index (Phi) is 5.67. The van der Waals surface area contributed by atoms with Gasteiger partial charge in [-0.25, -0.2) is 0 Å². The molecule has 0 radical (unpaired) electrons. The Morgan fingerprint density at radius 1 is 1.06 bits per heavy atom. The molecule has 0 spiro atoms. The van der Waals surface area contributed by atoms with Gasteiger partial charge in [-0.1, -0.05) is 46.7 Å². The molecule has 0 aliphatic heterocycles. The average Bonchev–Trinajstić information content (AvgIpc) is 3.30. The molecule has 0 saturated heterocycles. The lowest BCUT2D eigenvalue weighted by Gasteiger charge is -2.28. The fourth-order valence-electron chi connectivity index (χ4n) is 3.57. The van der Waals surface area contributed by atoms with E-state index in [2.05, 4.69) is 15.8 Å². The highest BCUT2D eigenvalue weighted by atomic mass is 16.5. The fraction of sp³-hybridized carbons (Fsp3) is 0.542. The number of phenols is 1. The van der Waals surface area contributed by atoms with Gasteiger partial charge in [-0.3, -0.25) is 9.59 Å². The second kappa shape index (κ2) is 7.70. The zero-order valence-corrected chi connectivity index (χ0v) is 19.5. The van der Waals surface area contributed by atoms with E-state index in [-0.39, 0.29) is 34.9 Å². The zero-order valence-electron chi connectivity index (χ0n) is 19.5. The van der Waals surface area contributed by atoms with Gasteiger partial charge in [0, 0.05) is 22.8 Å². The van der Waals surface area contributed by atoms with E-state index in [4.69, 9.17) is 4.52 Å². The number of carbonyl (C=O) groups excluding carboxylic acids is 2.